The van der Waals surface area contributed by atoms with Crippen molar-refractivity contribution in [3.63, 3.8) is 0 Å². The first-order valence-electron chi connectivity index (χ1n) is 8.92. The van der Waals surface area contributed by atoms with Crippen LogP contribution in [0.3, 0.4) is 0 Å². The molecule has 3 atom stereocenters. The summed E-state index contributed by atoms with van der Waals surface area (Å²) in [6.45, 7) is 1.32. The van der Waals surface area contributed by atoms with E-state index in [2.05, 4.69) is 35.8 Å². The van der Waals surface area contributed by atoms with E-state index in [-0.39, 0.29) is 0 Å². The Balaban J connectivity index is 1.72. The average Bonchev–Trinajstić information content (AvgIpc) is 3.15. The second-order valence-electron chi connectivity index (χ2n) is 7.35. The zero-order valence-electron chi connectivity index (χ0n) is 15.2. The van der Waals surface area contributed by atoms with Gasteiger partial charge < -0.3 is 14.7 Å². The van der Waals surface area contributed by atoms with Crippen LogP contribution in [0.2, 0.25) is 5.02 Å². The van der Waals surface area contributed by atoms with Gasteiger partial charge in [-0.1, -0.05) is 28.8 Å². The SMILES string of the molecule is COc1ccc(CN2C[C@]3(C[C@@H](O)[C@H](N=[N+]=[N-])C3)c3c2ncc(Br)c3Cl)cc1. The third-order valence-electron chi connectivity index (χ3n) is 5.65. The number of azide groups is 1. The summed E-state index contributed by atoms with van der Waals surface area (Å²) in [5, 5.41) is 14.9. The Morgan fingerprint density at radius 1 is 1.43 bits per heavy atom. The van der Waals surface area contributed by atoms with Crippen LogP contribution in [-0.4, -0.2) is 35.9 Å². The Kier molecular flexibility index (Phi) is 5.14. The van der Waals surface area contributed by atoms with Gasteiger partial charge in [0, 0.05) is 35.2 Å². The molecule has 9 heteroatoms. The predicted molar refractivity (Wildman–Crippen MR) is 111 cm³/mol. The van der Waals surface area contributed by atoms with Gasteiger partial charge >= 0.3 is 0 Å². The molecule has 1 aliphatic carbocycles. The van der Waals surface area contributed by atoms with Crippen LogP contribution in [0.5, 0.6) is 5.75 Å². The Labute approximate surface area is 176 Å². The van der Waals surface area contributed by atoms with E-state index in [9.17, 15) is 5.11 Å². The number of halogens is 2. The predicted octanol–water partition coefficient (Wildman–Crippen LogP) is 4.60. The quantitative estimate of drug-likeness (QED) is 0.406. The highest BCUT2D eigenvalue weighted by molar-refractivity contribution is 9.10. The van der Waals surface area contributed by atoms with Gasteiger partial charge in [-0.2, -0.15) is 0 Å². The van der Waals surface area contributed by atoms with E-state index in [0.717, 1.165) is 27.2 Å². The minimum Gasteiger partial charge on any atom is -0.497 e. The van der Waals surface area contributed by atoms with Crippen molar-refractivity contribution in [1.29, 1.82) is 0 Å². The van der Waals surface area contributed by atoms with Gasteiger partial charge in [-0.15, -0.1) is 0 Å². The van der Waals surface area contributed by atoms with Crippen molar-refractivity contribution in [2.24, 2.45) is 5.11 Å². The summed E-state index contributed by atoms with van der Waals surface area (Å²) in [5.41, 5.74) is 10.5. The van der Waals surface area contributed by atoms with Crippen molar-refractivity contribution in [2.75, 3.05) is 18.6 Å². The lowest BCUT2D eigenvalue weighted by Crippen LogP contribution is -2.32. The lowest BCUT2D eigenvalue weighted by Gasteiger charge is -2.26. The van der Waals surface area contributed by atoms with Crippen LogP contribution >= 0.6 is 27.5 Å². The lowest BCUT2D eigenvalue weighted by atomic mass is 9.81. The molecule has 0 saturated heterocycles. The molecule has 1 aromatic carbocycles. The van der Waals surface area contributed by atoms with E-state index in [1.807, 2.05) is 24.3 Å². The number of methoxy groups -OCH3 is 1. The lowest BCUT2D eigenvalue weighted by molar-refractivity contribution is 0.159. The summed E-state index contributed by atoms with van der Waals surface area (Å²) in [7, 11) is 1.64. The largest absolute Gasteiger partial charge is 0.497 e. The molecule has 2 heterocycles. The summed E-state index contributed by atoms with van der Waals surface area (Å²) in [6, 6.07) is 7.45. The van der Waals surface area contributed by atoms with Crippen LogP contribution in [0.4, 0.5) is 5.82 Å². The molecular formula is C19H19BrClN5O2. The molecule has 28 heavy (non-hydrogen) atoms. The van der Waals surface area contributed by atoms with E-state index in [0.29, 0.717) is 31.0 Å². The van der Waals surface area contributed by atoms with Crippen molar-refractivity contribution in [3.8, 4) is 5.75 Å². The van der Waals surface area contributed by atoms with Gasteiger partial charge in [0.25, 0.3) is 0 Å². The number of anilines is 1. The van der Waals surface area contributed by atoms with Gasteiger partial charge in [0.2, 0.25) is 0 Å². The van der Waals surface area contributed by atoms with Gasteiger partial charge in [0.05, 0.1) is 28.8 Å². The first-order chi connectivity index (χ1) is 13.5. The molecular weight excluding hydrogens is 446 g/mol. The summed E-state index contributed by atoms with van der Waals surface area (Å²) in [5.74, 6) is 1.63. The van der Waals surface area contributed by atoms with Crippen molar-refractivity contribution >= 4 is 33.3 Å². The Hall–Kier alpha value is -1.99. The zero-order chi connectivity index (χ0) is 19.9. The fourth-order valence-electron chi connectivity index (χ4n) is 4.44. The Morgan fingerprint density at radius 3 is 2.86 bits per heavy atom. The number of benzene rings is 1. The van der Waals surface area contributed by atoms with E-state index in [4.69, 9.17) is 21.9 Å². The number of ether oxygens (including phenoxy) is 1. The van der Waals surface area contributed by atoms with Crippen LogP contribution < -0.4 is 9.64 Å². The maximum absolute atomic E-state index is 10.5. The molecule has 146 valence electrons. The zero-order valence-corrected chi connectivity index (χ0v) is 17.6. The molecule has 0 amide bonds. The van der Waals surface area contributed by atoms with Crippen LogP contribution in [-0.2, 0) is 12.0 Å². The molecule has 4 rings (SSSR count). The highest BCUT2D eigenvalue weighted by Gasteiger charge is 2.53. The fraction of sp³-hybridized carbons (Fsp3) is 0.421. The van der Waals surface area contributed by atoms with Gasteiger partial charge in [0.15, 0.2) is 0 Å². The van der Waals surface area contributed by atoms with Gasteiger partial charge in [-0.3, -0.25) is 0 Å². The summed E-state index contributed by atoms with van der Waals surface area (Å²) in [6.07, 6.45) is 2.04. The molecule has 2 aliphatic rings. The maximum atomic E-state index is 10.5. The number of aliphatic hydroxyl groups is 1. The number of nitrogens with zero attached hydrogens (tertiary/aromatic N) is 5. The fourth-order valence-corrected chi connectivity index (χ4v) is 5.08. The molecule has 0 radical (unpaired) electrons. The maximum Gasteiger partial charge on any atom is 0.134 e. The summed E-state index contributed by atoms with van der Waals surface area (Å²) < 4.78 is 5.95. The Morgan fingerprint density at radius 2 is 2.18 bits per heavy atom. The second-order valence-corrected chi connectivity index (χ2v) is 8.58. The number of fused-ring (bicyclic) bond motifs is 2. The molecule has 7 nitrogen and oxygen atoms in total. The first-order valence-corrected chi connectivity index (χ1v) is 10.1. The monoisotopic (exact) mass is 463 g/mol. The van der Waals surface area contributed by atoms with Crippen LogP contribution in [0.15, 0.2) is 40.0 Å². The molecule has 0 bridgehead atoms. The Bertz CT molecular complexity index is 950. The summed E-state index contributed by atoms with van der Waals surface area (Å²) in [4.78, 5) is 9.72. The topological polar surface area (TPSA) is 94.4 Å². The third-order valence-corrected chi connectivity index (χ3v) is 6.87. The van der Waals surface area contributed by atoms with Crippen LogP contribution in [0.1, 0.15) is 24.0 Å². The van der Waals surface area contributed by atoms with E-state index in [1.165, 1.54) is 0 Å². The minimum absolute atomic E-state index is 0.395. The van der Waals surface area contributed by atoms with Crippen molar-refractivity contribution in [1.82, 2.24) is 4.98 Å². The average molecular weight is 465 g/mol. The summed E-state index contributed by atoms with van der Waals surface area (Å²) >= 11 is 10.1. The highest BCUT2D eigenvalue weighted by atomic mass is 79.9. The molecule has 2 aromatic rings. The van der Waals surface area contributed by atoms with Crippen molar-refractivity contribution in [3.05, 3.63) is 61.5 Å². The first kappa shape index (κ1) is 19.3. The van der Waals surface area contributed by atoms with Crippen molar-refractivity contribution < 1.29 is 9.84 Å². The normalized spacial score (nSPS) is 25.6. The second kappa shape index (κ2) is 7.44. The molecule has 1 spiro atoms. The molecule has 1 saturated carbocycles. The van der Waals surface area contributed by atoms with Gasteiger partial charge in [-0.25, -0.2) is 4.98 Å². The van der Waals surface area contributed by atoms with E-state index < -0.39 is 17.6 Å². The molecule has 1 N–H and O–H groups in total. The molecule has 1 fully saturated rings. The number of hydrogen-bond acceptors (Lipinski definition) is 5. The van der Waals surface area contributed by atoms with Gasteiger partial charge in [0.1, 0.15) is 11.6 Å². The van der Waals surface area contributed by atoms with E-state index >= 15 is 0 Å². The number of hydrogen-bond donors (Lipinski definition) is 1. The van der Waals surface area contributed by atoms with Crippen LogP contribution in [0.25, 0.3) is 10.4 Å². The third kappa shape index (κ3) is 3.20. The van der Waals surface area contributed by atoms with Crippen LogP contribution in [0, 0.1) is 0 Å². The minimum atomic E-state index is -0.695. The highest BCUT2D eigenvalue weighted by Crippen LogP contribution is 2.54. The van der Waals surface area contributed by atoms with Gasteiger partial charge in [-0.05, 0) is 52.0 Å². The molecule has 0 unspecified atom stereocenters. The number of pyridine rings is 1. The number of aromatic nitrogens is 1. The standard InChI is InChI=1S/C19H19BrClN5O2/c1-28-12-4-2-11(3-5-12)9-26-10-19(6-14(24-25-22)15(27)7-19)16-17(21)13(20)8-23-18(16)26/h2-5,8,14-15,27H,6-7,9-10H2,1H3/t14-,15-,19+/m1/s1. The van der Waals surface area contributed by atoms with E-state index in [1.54, 1.807) is 13.3 Å². The number of aliphatic hydroxyl groups excluding tert-OH is 1. The molecule has 1 aromatic heterocycles. The molecule has 1 aliphatic heterocycles. The van der Waals surface area contributed by atoms with Crippen molar-refractivity contribution in [2.45, 2.75) is 36.9 Å². The smallest absolute Gasteiger partial charge is 0.134 e. The number of rotatable bonds is 4.